The number of ether oxygens (including phenoxy) is 3. The molecule has 5 rings (SSSR count). The maximum Gasteiger partial charge on any atom is 0.273 e. The molecule has 2 aromatic carbocycles. The summed E-state index contributed by atoms with van der Waals surface area (Å²) in [7, 11) is 1.42. The third-order valence-electron chi connectivity index (χ3n) is 4.97. The van der Waals surface area contributed by atoms with Crippen molar-refractivity contribution >= 4 is 51.7 Å². The van der Waals surface area contributed by atoms with Crippen LogP contribution < -0.4 is 19.1 Å². The maximum absolute atomic E-state index is 13.1. The first-order valence-electron chi connectivity index (χ1n) is 9.55. The van der Waals surface area contributed by atoms with Gasteiger partial charge in [-0.05, 0) is 30.3 Å². The molecule has 1 aromatic heterocycles. The second kappa shape index (κ2) is 8.26. The van der Waals surface area contributed by atoms with Gasteiger partial charge in [0.2, 0.25) is 6.79 Å². The summed E-state index contributed by atoms with van der Waals surface area (Å²) < 4.78 is 22.2. The smallest absolute Gasteiger partial charge is 0.273 e. The van der Waals surface area contributed by atoms with Gasteiger partial charge in [0.1, 0.15) is 17.3 Å². The zero-order valence-electron chi connectivity index (χ0n) is 17.0. The predicted octanol–water partition coefficient (Wildman–Crippen LogP) is 5.00. The van der Waals surface area contributed by atoms with Crippen molar-refractivity contribution in [1.82, 2.24) is 0 Å². The molecule has 2 aliphatic heterocycles. The Kier molecular flexibility index (Phi) is 5.27. The first kappa shape index (κ1) is 21.0. The van der Waals surface area contributed by atoms with E-state index < -0.39 is 4.92 Å². The predicted molar refractivity (Wildman–Crippen MR) is 126 cm³/mol. The van der Waals surface area contributed by atoms with Gasteiger partial charge >= 0.3 is 0 Å². The number of carbonyl (C=O) groups is 1. The number of nitrogens with zero attached hydrogens (tertiary/aromatic N) is 2. The van der Waals surface area contributed by atoms with Crippen LogP contribution in [0.25, 0.3) is 17.4 Å². The van der Waals surface area contributed by atoms with Crippen molar-refractivity contribution in [3.63, 3.8) is 0 Å². The largest absolute Gasteiger partial charge is 0.496 e. The molecule has 0 spiro atoms. The molecule has 0 bridgehead atoms. The third-order valence-corrected chi connectivity index (χ3v) is 6.27. The molecule has 0 aliphatic carbocycles. The summed E-state index contributed by atoms with van der Waals surface area (Å²) >= 11 is 6.58. The Morgan fingerprint density at radius 1 is 1.15 bits per heavy atom. The Bertz CT molecular complexity index is 1350. The van der Waals surface area contributed by atoms with Crippen molar-refractivity contribution in [1.29, 1.82) is 0 Å². The van der Waals surface area contributed by atoms with E-state index in [1.165, 1.54) is 24.1 Å². The molecule has 3 aromatic rings. The zero-order valence-corrected chi connectivity index (χ0v) is 18.6. The van der Waals surface area contributed by atoms with Gasteiger partial charge < -0.3 is 18.6 Å². The standard InChI is InChI=1S/C22H14N2O7S2/c1-28-18-9-13(24(26)27)2-5-15(18)16-7-4-14(31-16)10-20-21(25)23(22(32)33-20)12-3-6-17-19(8-12)30-11-29-17/h2-10H,11H2,1H3/b20-10+. The SMILES string of the molecule is COc1cc([N+](=O)[O-])ccc1-c1ccc(/C=C2/SC(=S)N(c3ccc4c(c3)OCO4)C2=O)o1. The van der Waals surface area contributed by atoms with Gasteiger partial charge in [0, 0.05) is 18.2 Å². The Labute approximate surface area is 196 Å². The van der Waals surface area contributed by atoms with Crippen LogP contribution in [0.5, 0.6) is 17.2 Å². The quantitative estimate of drug-likeness (QED) is 0.215. The summed E-state index contributed by atoms with van der Waals surface area (Å²) in [5.41, 5.74) is 1.05. The number of amides is 1. The van der Waals surface area contributed by atoms with E-state index in [2.05, 4.69) is 0 Å². The highest BCUT2D eigenvalue weighted by Crippen LogP contribution is 2.41. The summed E-state index contributed by atoms with van der Waals surface area (Å²) in [6.07, 6.45) is 1.60. The average molecular weight is 482 g/mol. The Hall–Kier alpha value is -3.83. The van der Waals surface area contributed by atoms with Crippen LogP contribution in [0.2, 0.25) is 0 Å². The van der Waals surface area contributed by atoms with E-state index in [4.69, 9.17) is 30.8 Å². The minimum absolute atomic E-state index is 0.0884. The normalized spacial score (nSPS) is 16.0. The van der Waals surface area contributed by atoms with E-state index in [1.54, 1.807) is 42.5 Å². The molecule has 9 nitrogen and oxygen atoms in total. The monoisotopic (exact) mass is 482 g/mol. The highest BCUT2D eigenvalue weighted by Gasteiger charge is 2.34. The first-order chi connectivity index (χ1) is 15.9. The van der Waals surface area contributed by atoms with Gasteiger partial charge in [0.05, 0.1) is 34.3 Å². The van der Waals surface area contributed by atoms with Gasteiger partial charge in [0.25, 0.3) is 11.6 Å². The maximum atomic E-state index is 13.1. The lowest BCUT2D eigenvalue weighted by atomic mass is 10.1. The van der Waals surface area contributed by atoms with Gasteiger partial charge in [-0.25, -0.2) is 0 Å². The van der Waals surface area contributed by atoms with Crippen LogP contribution in [0.4, 0.5) is 11.4 Å². The molecule has 0 saturated carbocycles. The number of furan rings is 1. The van der Waals surface area contributed by atoms with Crippen molar-refractivity contribution < 1.29 is 28.3 Å². The number of carbonyl (C=O) groups excluding carboxylic acids is 1. The number of fused-ring (bicyclic) bond motifs is 1. The third kappa shape index (κ3) is 3.81. The number of thioether (sulfide) groups is 1. The Balaban J connectivity index is 1.41. The summed E-state index contributed by atoms with van der Waals surface area (Å²) in [4.78, 5) is 25.4. The molecular weight excluding hydrogens is 468 g/mol. The van der Waals surface area contributed by atoms with E-state index in [0.717, 1.165) is 11.8 Å². The summed E-state index contributed by atoms with van der Waals surface area (Å²) in [5, 5.41) is 11.0. The average Bonchev–Trinajstić information content (AvgIpc) is 3.52. The lowest BCUT2D eigenvalue weighted by molar-refractivity contribution is -0.384. The van der Waals surface area contributed by atoms with Crippen LogP contribution in [0, 0.1) is 10.1 Å². The van der Waals surface area contributed by atoms with E-state index in [9.17, 15) is 14.9 Å². The van der Waals surface area contributed by atoms with E-state index in [1.807, 2.05) is 0 Å². The van der Waals surface area contributed by atoms with Gasteiger partial charge in [-0.15, -0.1) is 0 Å². The summed E-state index contributed by atoms with van der Waals surface area (Å²) in [6, 6.07) is 12.8. The molecule has 0 atom stereocenters. The number of hydrogen-bond acceptors (Lipinski definition) is 9. The minimum Gasteiger partial charge on any atom is -0.496 e. The first-order valence-corrected chi connectivity index (χ1v) is 10.8. The molecule has 0 N–H and O–H groups in total. The number of non-ortho nitro benzene ring substituents is 1. The Morgan fingerprint density at radius 2 is 1.97 bits per heavy atom. The number of nitro benzene ring substituents is 1. The molecular formula is C22H14N2O7S2. The fourth-order valence-electron chi connectivity index (χ4n) is 3.42. The molecule has 3 heterocycles. The zero-order chi connectivity index (χ0) is 23.1. The van der Waals surface area contributed by atoms with Gasteiger partial charge in [-0.3, -0.25) is 19.8 Å². The molecule has 0 radical (unpaired) electrons. The number of benzene rings is 2. The lowest BCUT2D eigenvalue weighted by Crippen LogP contribution is -2.27. The van der Waals surface area contributed by atoms with Gasteiger partial charge in [-0.2, -0.15) is 0 Å². The molecule has 166 valence electrons. The number of methoxy groups -OCH3 is 1. The van der Waals surface area contributed by atoms with Crippen LogP contribution >= 0.6 is 24.0 Å². The number of thiocarbonyl (C=S) groups is 1. The highest BCUT2D eigenvalue weighted by atomic mass is 32.2. The summed E-state index contributed by atoms with van der Waals surface area (Å²) in [5.74, 6) is 2.06. The second-order valence-electron chi connectivity index (χ2n) is 6.90. The van der Waals surface area contributed by atoms with Crippen molar-refractivity contribution in [2.45, 2.75) is 0 Å². The molecule has 1 amide bonds. The van der Waals surface area contributed by atoms with Crippen LogP contribution in [0.3, 0.4) is 0 Å². The number of hydrogen-bond donors (Lipinski definition) is 0. The van der Waals surface area contributed by atoms with Gasteiger partial charge in [-0.1, -0.05) is 24.0 Å². The number of anilines is 1. The van der Waals surface area contributed by atoms with E-state index in [0.29, 0.717) is 49.2 Å². The molecule has 0 unspecified atom stereocenters. The highest BCUT2D eigenvalue weighted by molar-refractivity contribution is 8.27. The lowest BCUT2D eigenvalue weighted by Gasteiger charge is -2.14. The number of nitro groups is 1. The molecule has 2 aliphatic rings. The molecule has 33 heavy (non-hydrogen) atoms. The minimum atomic E-state index is -0.498. The molecule has 1 fully saturated rings. The van der Waals surface area contributed by atoms with Crippen LogP contribution in [0.1, 0.15) is 5.76 Å². The van der Waals surface area contributed by atoms with Crippen molar-refractivity contribution in [3.8, 4) is 28.6 Å². The fourth-order valence-corrected chi connectivity index (χ4v) is 4.70. The summed E-state index contributed by atoms with van der Waals surface area (Å²) in [6.45, 7) is 0.136. The molecule has 11 heteroatoms. The van der Waals surface area contributed by atoms with Crippen molar-refractivity contribution in [3.05, 3.63) is 69.3 Å². The van der Waals surface area contributed by atoms with Crippen LogP contribution in [-0.2, 0) is 4.79 Å². The second-order valence-corrected chi connectivity index (χ2v) is 8.57. The van der Waals surface area contributed by atoms with Crippen LogP contribution in [-0.4, -0.2) is 29.1 Å². The van der Waals surface area contributed by atoms with Gasteiger partial charge in [0.15, 0.2) is 15.8 Å². The fraction of sp³-hybridized carbons (Fsp3) is 0.0909. The van der Waals surface area contributed by atoms with Crippen molar-refractivity contribution in [2.24, 2.45) is 0 Å². The topological polar surface area (TPSA) is 104 Å². The van der Waals surface area contributed by atoms with E-state index >= 15 is 0 Å². The molecule has 1 saturated heterocycles. The van der Waals surface area contributed by atoms with E-state index in [-0.39, 0.29) is 18.4 Å². The number of rotatable bonds is 5. The van der Waals surface area contributed by atoms with Crippen LogP contribution in [0.15, 0.2) is 57.9 Å². The Morgan fingerprint density at radius 3 is 2.76 bits per heavy atom. The van der Waals surface area contributed by atoms with Crippen molar-refractivity contribution in [2.75, 3.05) is 18.8 Å².